The van der Waals surface area contributed by atoms with Gasteiger partial charge in [-0.2, -0.15) is 4.31 Å². The maximum atomic E-state index is 13.4. The van der Waals surface area contributed by atoms with E-state index in [9.17, 15) is 27.0 Å². The van der Waals surface area contributed by atoms with Crippen molar-refractivity contribution in [2.45, 2.75) is 65.2 Å². The Morgan fingerprint density at radius 1 is 0.932 bits per heavy atom. The smallest absolute Gasteiger partial charge is 0.243 e. The van der Waals surface area contributed by atoms with Gasteiger partial charge in [-0.15, -0.1) is 0 Å². The Labute approximate surface area is 258 Å². The van der Waals surface area contributed by atoms with Gasteiger partial charge in [0.15, 0.2) is 0 Å². The third-order valence-corrected chi connectivity index (χ3v) is 12.4. The normalized spacial score (nSPS) is 22.3. The average Bonchev–Trinajstić information content (AvgIpc) is 3.69. The molecule has 0 bridgehead atoms. The Hall–Kier alpha value is -2.62. The fourth-order valence-corrected chi connectivity index (χ4v) is 8.97. The van der Waals surface area contributed by atoms with Gasteiger partial charge in [0.25, 0.3) is 0 Å². The highest BCUT2D eigenvalue weighted by Gasteiger charge is 2.46. The van der Waals surface area contributed by atoms with Crippen molar-refractivity contribution in [3.05, 3.63) is 66.7 Å². The first-order valence-electron chi connectivity index (χ1n) is 14.9. The molecule has 3 aromatic rings. The monoisotopic (exact) mass is 645 g/mol. The first kappa shape index (κ1) is 31.4. The zero-order valence-corrected chi connectivity index (χ0v) is 26.0. The molecule has 4 N–H and O–H groups in total. The number of aliphatic hydroxyl groups excluding tert-OH is 2. The average molecular weight is 646 g/mol. The third kappa shape index (κ3) is 6.80. The summed E-state index contributed by atoms with van der Waals surface area (Å²) in [5.41, 5.74) is -1.17. The van der Waals surface area contributed by atoms with Gasteiger partial charge in [-0.3, -0.25) is 0 Å². The van der Waals surface area contributed by atoms with Gasteiger partial charge in [0, 0.05) is 31.7 Å². The largest absolute Gasteiger partial charge is 0.491 e. The van der Waals surface area contributed by atoms with Crippen LogP contribution < -0.4 is 14.8 Å². The van der Waals surface area contributed by atoms with Crippen molar-refractivity contribution >= 4 is 30.8 Å². The third-order valence-electron chi connectivity index (χ3n) is 8.91. The molecule has 6 rings (SSSR count). The van der Waals surface area contributed by atoms with Crippen molar-refractivity contribution in [1.29, 1.82) is 0 Å². The lowest BCUT2D eigenvalue weighted by Crippen LogP contribution is -2.47. The van der Waals surface area contributed by atoms with E-state index in [1.54, 1.807) is 28.6 Å². The summed E-state index contributed by atoms with van der Waals surface area (Å²) in [5.74, 6) is 0.314. The fourth-order valence-electron chi connectivity index (χ4n) is 6.01. The molecule has 3 fully saturated rings. The molecule has 1 spiro atoms. The van der Waals surface area contributed by atoms with Crippen molar-refractivity contribution < 1.29 is 36.5 Å². The molecule has 2 aliphatic heterocycles. The second-order valence-corrected chi connectivity index (χ2v) is 15.8. The molecule has 0 amide bonds. The summed E-state index contributed by atoms with van der Waals surface area (Å²) in [5, 5.41) is 25.2. The molecule has 2 heterocycles. The number of rotatable bonds is 12. The first-order chi connectivity index (χ1) is 21.0. The highest BCUT2D eigenvalue weighted by Crippen LogP contribution is 2.38. The van der Waals surface area contributed by atoms with Crippen molar-refractivity contribution in [2.75, 3.05) is 39.5 Å². The number of nitrogens with zero attached hydrogens (tertiary/aromatic N) is 1. The Bertz CT molecular complexity index is 1700. The number of hydrogen-bond acceptors (Lipinski definition) is 9. The summed E-state index contributed by atoms with van der Waals surface area (Å²) in [7, 11) is -7.43. The summed E-state index contributed by atoms with van der Waals surface area (Å²) < 4.78 is 68.1. The summed E-state index contributed by atoms with van der Waals surface area (Å²) in [4.78, 5) is 0.334. The molecule has 3 aliphatic rings. The SMILES string of the molecule is O=S(=O)(NC1(CO)CC1)c1cccc(OC[C@@H](O)CNC2COC3(CCN(S(=O)(=O)c4ccc5ccccc5c4)CC3)C2)c1. The Morgan fingerprint density at radius 3 is 2.41 bits per heavy atom. The number of piperidine rings is 1. The quantitative estimate of drug-likeness (QED) is 0.232. The van der Waals surface area contributed by atoms with Crippen LogP contribution in [-0.4, -0.2) is 94.1 Å². The number of hydrogen-bond donors (Lipinski definition) is 4. The van der Waals surface area contributed by atoms with Gasteiger partial charge >= 0.3 is 0 Å². The van der Waals surface area contributed by atoms with Gasteiger partial charge in [0.1, 0.15) is 18.5 Å². The number of nitrogens with one attached hydrogen (secondary N) is 2. The van der Waals surface area contributed by atoms with E-state index < -0.39 is 37.3 Å². The highest BCUT2D eigenvalue weighted by atomic mass is 32.2. The second kappa shape index (κ2) is 12.3. The predicted molar refractivity (Wildman–Crippen MR) is 164 cm³/mol. The highest BCUT2D eigenvalue weighted by molar-refractivity contribution is 7.89. The van der Waals surface area contributed by atoms with Crippen molar-refractivity contribution in [3.8, 4) is 5.75 Å². The van der Waals surface area contributed by atoms with Crippen LogP contribution in [0.25, 0.3) is 10.8 Å². The molecule has 1 saturated carbocycles. The van der Waals surface area contributed by atoms with E-state index in [1.807, 2.05) is 30.3 Å². The van der Waals surface area contributed by atoms with E-state index in [4.69, 9.17) is 9.47 Å². The van der Waals surface area contributed by atoms with Crippen LogP contribution in [0.1, 0.15) is 32.1 Å². The van der Waals surface area contributed by atoms with E-state index in [0.717, 1.165) is 10.8 Å². The van der Waals surface area contributed by atoms with Crippen LogP contribution in [0.3, 0.4) is 0 Å². The molecular formula is C31H39N3O8S2. The minimum absolute atomic E-state index is 0.00844. The zero-order chi connectivity index (χ0) is 31.0. The van der Waals surface area contributed by atoms with Gasteiger partial charge in [0.05, 0.1) is 34.1 Å². The maximum absolute atomic E-state index is 13.4. The molecule has 238 valence electrons. The van der Waals surface area contributed by atoms with E-state index in [2.05, 4.69) is 10.0 Å². The lowest BCUT2D eigenvalue weighted by molar-refractivity contribution is -0.0312. The Balaban J connectivity index is 0.960. The molecule has 3 aromatic carbocycles. The topological polar surface area (TPSA) is 154 Å². The first-order valence-corrected chi connectivity index (χ1v) is 17.9. The molecule has 1 aliphatic carbocycles. The number of ether oxygens (including phenoxy) is 2. The summed E-state index contributed by atoms with van der Waals surface area (Å²) in [6.07, 6.45) is 2.25. The van der Waals surface area contributed by atoms with Crippen molar-refractivity contribution in [1.82, 2.24) is 14.3 Å². The van der Waals surface area contributed by atoms with Crippen LogP contribution in [0.2, 0.25) is 0 Å². The van der Waals surface area contributed by atoms with Crippen LogP contribution in [0, 0.1) is 0 Å². The lowest BCUT2D eigenvalue weighted by Gasteiger charge is -2.38. The van der Waals surface area contributed by atoms with Gasteiger partial charge < -0.3 is 25.0 Å². The molecule has 0 radical (unpaired) electrons. The van der Waals surface area contributed by atoms with Crippen LogP contribution in [0.4, 0.5) is 0 Å². The van der Waals surface area contributed by atoms with Crippen LogP contribution in [0.15, 0.2) is 76.5 Å². The van der Waals surface area contributed by atoms with E-state index in [0.29, 0.717) is 62.4 Å². The zero-order valence-electron chi connectivity index (χ0n) is 24.4. The maximum Gasteiger partial charge on any atom is 0.243 e. The Kier molecular flexibility index (Phi) is 8.76. The molecular weight excluding hydrogens is 606 g/mol. The van der Waals surface area contributed by atoms with Gasteiger partial charge in [-0.05, 0) is 67.1 Å². The van der Waals surface area contributed by atoms with Crippen molar-refractivity contribution in [2.24, 2.45) is 0 Å². The van der Waals surface area contributed by atoms with Gasteiger partial charge in [0.2, 0.25) is 20.0 Å². The molecule has 2 saturated heterocycles. The standard InChI is InChI=1S/C31H39N3O8S2/c35-22-30(10-11-30)33-43(37,38)28-7-3-6-27(17-28)41-21-26(36)19-32-25-18-31(42-20-25)12-14-34(15-13-31)44(39,40)29-9-8-23-4-1-2-5-24(23)16-29/h1-9,16-17,25-26,32-33,35-36H,10-15,18-22H2/t25?,26-/m0/s1. The lowest BCUT2D eigenvalue weighted by atomic mass is 9.88. The fraction of sp³-hybridized carbons (Fsp3) is 0.484. The van der Waals surface area contributed by atoms with Gasteiger partial charge in [-0.1, -0.05) is 36.4 Å². The molecule has 13 heteroatoms. The van der Waals surface area contributed by atoms with Crippen LogP contribution in [0.5, 0.6) is 5.75 Å². The summed E-state index contributed by atoms with van der Waals surface area (Å²) in [6.45, 7) is 1.19. The molecule has 44 heavy (non-hydrogen) atoms. The van der Waals surface area contributed by atoms with E-state index >= 15 is 0 Å². The minimum Gasteiger partial charge on any atom is -0.491 e. The van der Waals surface area contributed by atoms with E-state index in [1.165, 1.54) is 12.1 Å². The molecule has 0 aromatic heterocycles. The van der Waals surface area contributed by atoms with Crippen molar-refractivity contribution in [3.63, 3.8) is 0 Å². The number of sulfonamides is 2. The van der Waals surface area contributed by atoms with Crippen LogP contribution >= 0.6 is 0 Å². The summed E-state index contributed by atoms with van der Waals surface area (Å²) in [6, 6.07) is 19.0. The number of fused-ring (bicyclic) bond motifs is 1. The van der Waals surface area contributed by atoms with Crippen LogP contribution in [-0.2, 0) is 24.8 Å². The minimum atomic E-state index is -3.81. The Morgan fingerprint density at radius 2 is 1.68 bits per heavy atom. The predicted octanol–water partition coefficient (Wildman–Crippen LogP) is 1.98. The van der Waals surface area contributed by atoms with Gasteiger partial charge in [-0.25, -0.2) is 21.6 Å². The molecule has 2 atom stereocenters. The summed E-state index contributed by atoms with van der Waals surface area (Å²) >= 11 is 0. The second-order valence-electron chi connectivity index (χ2n) is 12.2. The number of aliphatic hydroxyl groups is 2. The van der Waals surface area contributed by atoms with E-state index in [-0.39, 0.29) is 30.7 Å². The molecule has 1 unspecified atom stereocenters. The number of benzene rings is 3. The molecule has 11 nitrogen and oxygen atoms in total.